The lowest BCUT2D eigenvalue weighted by Gasteiger charge is -2.12. The van der Waals surface area contributed by atoms with Crippen molar-refractivity contribution in [3.05, 3.63) is 51.8 Å². The first-order valence-electron chi connectivity index (χ1n) is 5.40. The van der Waals surface area contributed by atoms with Crippen LogP contribution in [0.15, 0.2) is 30.3 Å². The van der Waals surface area contributed by atoms with E-state index >= 15 is 0 Å². The van der Waals surface area contributed by atoms with Gasteiger partial charge in [-0.1, -0.05) is 41.4 Å². The molecule has 2 aromatic rings. The monoisotopic (exact) mass is 300 g/mol. The van der Waals surface area contributed by atoms with Gasteiger partial charge in [-0.25, -0.2) is 4.39 Å². The Morgan fingerprint density at radius 3 is 2.47 bits per heavy atom. The van der Waals surface area contributed by atoms with E-state index in [0.29, 0.717) is 5.02 Å². The third-order valence-electron chi connectivity index (χ3n) is 2.55. The van der Waals surface area contributed by atoms with Crippen molar-refractivity contribution < 1.29 is 9.13 Å². The molecule has 0 aromatic heterocycles. The maximum atomic E-state index is 13.9. The molecule has 0 saturated carbocycles. The summed E-state index contributed by atoms with van der Waals surface area (Å²) in [6, 6.07) is 8.44. The first-order chi connectivity index (χ1) is 9.00. The van der Waals surface area contributed by atoms with Gasteiger partial charge < -0.3 is 16.2 Å². The molecule has 0 amide bonds. The normalized spacial score (nSPS) is 10.5. The zero-order chi connectivity index (χ0) is 14.0. The van der Waals surface area contributed by atoms with Gasteiger partial charge in [-0.15, -0.1) is 0 Å². The molecule has 0 heterocycles. The van der Waals surface area contributed by atoms with Gasteiger partial charge in [0.15, 0.2) is 11.6 Å². The predicted molar refractivity (Wildman–Crippen MR) is 76.0 cm³/mol. The fourth-order valence-corrected chi connectivity index (χ4v) is 1.89. The largest absolute Gasteiger partial charge is 0.484 e. The highest BCUT2D eigenvalue weighted by atomic mass is 35.5. The van der Waals surface area contributed by atoms with Crippen molar-refractivity contribution >= 4 is 34.6 Å². The van der Waals surface area contributed by atoms with Gasteiger partial charge in [-0.3, -0.25) is 0 Å². The summed E-state index contributed by atoms with van der Waals surface area (Å²) in [4.78, 5) is 0. The molecule has 3 nitrogen and oxygen atoms in total. The number of rotatable bonds is 3. The number of hydrogen-bond acceptors (Lipinski definition) is 3. The minimum Gasteiger partial charge on any atom is -0.484 e. The van der Waals surface area contributed by atoms with Crippen LogP contribution in [0, 0.1) is 5.82 Å². The lowest BCUT2D eigenvalue weighted by atomic mass is 10.2. The van der Waals surface area contributed by atoms with Crippen molar-refractivity contribution in [2.75, 3.05) is 11.5 Å². The third-order valence-corrected chi connectivity index (χ3v) is 3.30. The second-order valence-electron chi connectivity index (χ2n) is 3.89. The summed E-state index contributed by atoms with van der Waals surface area (Å²) in [7, 11) is 0. The summed E-state index contributed by atoms with van der Waals surface area (Å²) in [6.45, 7) is 0.0844. The molecule has 100 valence electrons. The van der Waals surface area contributed by atoms with Gasteiger partial charge in [0.1, 0.15) is 11.6 Å². The minimum atomic E-state index is -0.772. The van der Waals surface area contributed by atoms with Gasteiger partial charge >= 0.3 is 0 Å². The number of hydrogen-bond donors (Lipinski definition) is 2. The van der Waals surface area contributed by atoms with Crippen LogP contribution in [0.3, 0.4) is 0 Å². The van der Waals surface area contributed by atoms with E-state index in [-0.39, 0.29) is 28.8 Å². The van der Waals surface area contributed by atoms with Gasteiger partial charge in [-0.2, -0.15) is 0 Å². The molecule has 2 rings (SSSR count). The number of anilines is 2. The standard InChI is InChI=1S/C13H11Cl2FN2O/c14-8-4-2-1-3-7(8)6-19-13-10(18)5-9(17)11(15)12(13)16/h1-5H,6,17-18H2. The molecule has 0 bridgehead atoms. The summed E-state index contributed by atoms with van der Waals surface area (Å²) in [6.07, 6.45) is 0. The quantitative estimate of drug-likeness (QED) is 0.846. The number of halogens is 3. The summed E-state index contributed by atoms with van der Waals surface area (Å²) >= 11 is 11.7. The average molecular weight is 301 g/mol. The third kappa shape index (κ3) is 2.85. The molecule has 19 heavy (non-hydrogen) atoms. The first kappa shape index (κ1) is 13.8. The van der Waals surface area contributed by atoms with Crippen LogP contribution < -0.4 is 16.2 Å². The minimum absolute atomic E-state index is 0.0711. The van der Waals surface area contributed by atoms with Crippen LogP contribution in [0.25, 0.3) is 0 Å². The number of nitrogen functional groups attached to an aromatic ring is 2. The number of ether oxygens (including phenoxy) is 1. The van der Waals surface area contributed by atoms with Crippen LogP contribution in [-0.4, -0.2) is 0 Å². The molecule has 4 N–H and O–H groups in total. The zero-order valence-corrected chi connectivity index (χ0v) is 11.3. The smallest absolute Gasteiger partial charge is 0.187 e. The fourth-order valence-electron chi connectivity index (χ4n) is 1.56. The van der Waals surface area contributed by atoms with Gasteiger partial charge in [0, 0.05) is 10.6 Å². The fraction of sp³-hybridized carbons (Fsp3) is 0.0769. The van der Waals surface area contributed by atoms with Gasteiger partial charge in [0.05, 0.1) is 11.4 Å². The molecule has 0 spiro atoms. The van der Waals surface area contributed by atoms with Crippen LogP contribution in [0.5, 0.6) is 5.75 Å². The van der Waals surface area contributed by atoms with E-state index in [9.17, 15) is 4.39 Å². The molecule has 0 atom stereocenters. The van der Waals surface area contributed by atoms with E-state index in [4.69, 9.17) is 39.4 Å². The van der Waals surface area contributed by atoms with Gasteiger partial charge in [-0.05, 0) is 12.1 Å². The first-order valence-corrected chi connectivity index (χ1v) is 6.15. The van der Waals surface area contributed by atoms with Crippen molar-refractivity contribution in [1.82, 2.24) is 0 Å². The summed E-state index contributed by atoms with van der Waals surface area (Å²) in [5.41, 5.74) is 12.0. The van der Waals surface area contributed by atoms with Gasteiger partial charge in [0.2, 0.25) is 0 Å². The molecular formula is C13H11Cl2FN2O. The zero-order valence-electron chi connectivity index (χ0n) is 9.79. The highest BCUT2D eigenvalue weighted by Gasteiger charge is 2.16. The Morgan fingerprint density at radius 2 is 1.79 bits per heavy atom. The number of nitrogens with two attached hydrogens (primary N) is 2. The highest BCUT2D eigenvalue weighted by Crippen LogP contribution is 2.36. The molecule has 0 aliphatic rings. The van der Waals surface area contributed by atoms with Crippen LogP contribution >= 0.6 is 23.2 Å². The summed E-state index contributed by atoms with van der Waals surface area (Å²) in [5.74, 6) is -0.898. The topological polar surface area (TPSA) is 61.3 Å². The molecule has 6 heteroatoms. The molecule has 0 radical (unpaired) electrons. The van der Waals surface area contributed by atoms with E-state index in [1.165, 1.54) is 6.07 Å². The van der Waals surface area contributed by atoms with E-state index in [1.54, 1.807) is 24.3 Å². The van der Waals surface area contributed by atoms with Crippen LogP contribution in [-0.2, 0) is 6.61 Å². The average Bonchev–Trinajstić information content (AvgIpc) is 2.38. The predicted octanol–water partition coefficient (Wildman–Crippen LogP) is 3.88. The van der Waals surface area contributed by atoms with Gasteiger partial charge in [0.25, 0.3) is 0 Å². The van der Waals surface area contributed by atoms with E-state index in [0.717, 1.165) is 5.56 Å². The van der Waals surface area contributed by atoms with Crippen molar-refractivity contribution in [3.63, 3.8) is 0 Å². The lowest BCUT2D eigenvalue weighted by Crippen LogP contribution is -2.03. The highest BCUT2D eigenvalue weighted by molar-refractivity contribution is 6.33. The van der Waals surface area contributed by atoms with Crippen LogP contribution in [0.4, 0.5) is 15.8 Å². The second kappa shape index (κ2) is 5.55. The van der Waals surface area contributed by atoms with Crippen molar-refractivity contribution in [3.8, 4) is 5.75 Å². The van der Waals surface area contributed by atoms with E-state index in [1.807, 2.05) is 0 Å². The Bertz CT molecular complexity index is 620. The molecule has 0 fully saturated rings. The molecule has 0 aliphatic carbocycles. The Morgan fingerprint density at radius 1 is 1.11 bits per heavy atom. The van der Waals surface area contributed by atoms with Crippen molar-refractivity contribution in [2.45, 2.75) is 6.61 Å². The Labute approximate surface area is 119 Å². The Hall–Kier alpha value is -1.65. The van der Waals surface area contributed by atoms with Crippen LogP contribution in [0.1, 0.15) is 5.56 Å². The van der Waals surface area contributed by atoms with E-state index in [2.05, 4.69) is 0 Å². The summed E-state index contributed by atoms with van der Waals surface area (Å²) < 4.78 is 19.2. The van der Waals surface area contributed by atoms with E-state index < -0.39 is 5.82 Å². The maximum absolute atomic E-state index is 13.9. The summed E-state index contributed by atoms with van der Waals surface area (Å²) in [5, 5.41) is 0.325. The molecule has 0 saturated heterocycles. The molecular weight excluding hydrogens is 290 g/mol. The molecule has 2 aromatic carbocycles. The van der Waals surface area contributed by atoms with Crippen molar-refractivity contribution in [2.24, 2.45) is 0 Å². The lowest BCUT2D eigenvalue weighted by molar-refractivity contribution is 0.292. The molecule has 0 unspecified atom stereocenters. The maximum Gasteiger partial charge on any atom is 0.187 e. The SMILES string of the molecule is Nc1cc(N)c(OCc2ccccc2Cl)c(F)c1Cl. The Balaban J connectivity index is 2.26. The molecule has 0 aliphatic heterocycles. The second-order valence-corrected chi connectivity index (χ2v) is 4.68. The van der Waals surface area contributed by atoms with Crippen molar-refractivity contribution in [1.29, 1.82) is 0 Å². The van der Waals surface area contributed by atoms with Crippen LogP contribution in [0.2, 0.25) is 10.0 Å². The Kier molecular flexibility index (Phi) is 4.02. The number of benzene rings is 2.